The maximum absolute atomic E-state index is 5.02. The molecule has 0 bridgehead atoms. The zero-order chi connectivity index (χ0) is 99.1. The molecule has 21 aromatic carbocycles. The van der Waals surface area contributed by atoms with Crippen molar-refractivity contribution >= 4 is 131 Å². The summed E-state index contributed by atoms with van der Waals surface area (Å²) >= 11 is 0. The predicted molar refractivity (Wildman–Crippen MR) is 614 cm³/mol. The smallest absolute Gasteiger partial charge is 0.164 e. The second-order valence-electron chi connectivity index (χ2n) is 37.5. The van der Waals surface area contributed by atoms with Crippen molar-refractivity contribution in [1.29, 1.82) is 0 Å². The Bertz CT molecular complexity index is 10200. The van der Waals surface area contributed by atoms with E-state index in [2.05, 4.69) is 373 Å². The van der Waals surface area contributed by atoms with Gasteiger partial charge in [-0.15, -0.1) is 0 Å². The van der Waals surface area contributed by atoms with Gasteiger partial charge in [-0.3, -0.25) is 0 Å². The molecule has 0 radical (unpaired) electrons. The van der Waals surface area contributed by atoms with Crippen molar-refractivity contribution in [3.8, 4) is 137 Å². The third-order valence-corrected chi connectivity index (χ3v) is 28.7. The Balaban J connectivity index is 0.000000108. The number of aromatic nitrogens is 15. The SMILES string of the molecule is c1ccc(-c2nc(-c3ccccc3)nc(-c3ccc(-n4c5ccccc5c5cc6c7ccccc7n(-c7ccccc7)c6cc54)cc3)n2)cc1.c1ccc(-c2nc(-c3ccccc3)nc(-c3ccc(-n4c5ccccc5c5ccc6c7ccccc7n(-c7ccccc7)c6c54)cc3)n2)cc1.c1ccc(-c2nc(-c3ccccc3)nc(-c3cccc(-n4c5ccccc5c5cc6c7ccccc7n(-c7ccccc7)c6cc54)c3)n2)cc1. The number of hydrogen-bond donors (Lipinski definition) is 0. The molecule has 30 aromatic rings. The summed E-state index contributed by atoms with van der Waals surface area (Å²) in [5.74, 6) is 5.80. The predicted octanol–water partition coefficient (Wildman–Crippen LogP) is 33.2. The maximum Gasteiger partial charge on any atom is 0.164 e. The van der Waals surface area contributed by atoms with Gasteiger partial charge in [-0.25, -0.2) is 44.9 Å². The number of fused-ring (bicyclic) bond motifs is 19. The first-order valence-electron chi connectivity index (χ1n) is 50.4. The first-order valence-corrected chi connectivity index (χ1v) is 50.4. The standard InChI is InChI=1S/3C45H29N5/c1-4-15-30(16-5-1)43-46-44(31-17-6-2-7-18-31)48-45(47-43)32-19-14-22-34(27-32)50-40-26-13-11-24-36(40)38-28-37-35-23-10-12-25-39(35)49(41(37)29-42(38)50)33-20-8-3-9-21-33;1-4-14-30(15-5-1)43-46-44(31-16-6-2-7-17-31)48-45(47-43)32-24-26-34(27-25-32)50-40-23-13-11-21-36(40)38-28-37-35-20-10-12-22-39(35)49(41(37)29-42(38)50)33-18-8-3-9-19-33;1-4-14-30(15-5-1)43-46-44(31-16-6-2-7-17-31)48-45(47-43)32-24-26-34(27-25-32)50-40-23-13-11-21-36(40)38-29-28-37-35-20-10-12-22-39(35)49(41(37)42(38)50)33-18-8-3-9-19-33/h3*1-29H. The first-order chi connectivity index (χ1) is 74.4. The van der Waals surface area contributed by atoms with Gasteiger partial charge in [-0.05, 0) is 158 Å². The van der Waals surface area contributed by atoms with Crippen LogP contribution in [-0.2, 0) is 0 Å². The van der Waals surface area contributed by atoms with Gasteiger partial charge in [0.15, 0.2) is 52.4 Å². The second-order valence-corrected chi connectivity index (χ2v) is 37.5. The normalized spacial score (nSPS) is 11.6. The summed E-state index contributed by atoms with van der Waals surface area (Å²) in [5.41, 5.74) is 29.1. The highest BCUT2D eigenvalue weighted by atomic mass is 15.1. The molecule has 0 fully saturated rings. The van der Waals surface area contributed by atoms with E-state index in [4.69, 9.17) is 44.9 Å². The second kappa shape index (κ2) is 37.0. The molecule has 702 valence electrons. The van der Waals surface area contributed by atoms with Gasteiger partial charge < -0.3 is 27.4 Å². The number of rotatable bonds is 15. The van der Waals surface area contributed by atoms with Crippen LogP contribution in [0.2, 0.25) is 0 Å². The number of benzene rings is 21. The van der Waals surface area contributed by atoms with E-state index in [1.165, 1.54) is 103 Å². The molecule has 15 heteroatoms. The molecular formula is C135H87N15. The van der Waals surface area contributed by atoms with Crippen molar-refractivity contribution in [1.82, 2.24) is 72.3 Å². The van der Waals surface area contributed by atoms with Crippen molar-refractivity contribution in [2.75, 3.05) is 0 Å². The molecule has 0 aliphatic carbocycles. The van der Waals surface area contributed by atoms with Crippen LogP contribution in [-0.4, -0.2) is 72.3 Å². The van der Waals surface area contributed by atoms with Crippen LogP contribution in [0.5, 0.6) is 0 Å². The van der Waals surface area contributed by atoms with E-state index in [0.717, 1.165) is 112 Å². The van der Waals surface area contributed by atoms with Crippen LogP contribution >= 0.6 is 0 Å². The number of nitrogens with zero attached hydrogens (tertiary/aromatic N) is 15. The molecule has 0 aliphatic heterocycles. The van der Waals surface area contributed by atoms with Crippen molar-refractivity contribution in [3.05, 3.63) is 528 Å². The molecule has 0 atom stereocenters. The third-order valence-electron chi connectivity index (χ3n) is 28.7. The minimum Gasteiger partial charge on any atom is -0.309 e. The van der Waals surface area contributed by atoms with E-state index in [1.807, 2.05) is 182 Å². The lowest BCUT2D eigenvalue weighted by atomic mass is 10.1. The fraction of sp³-hybridized carbons (Fsp3) is 0. The van der Waals surface area contributed by atoms with Crippen LogP contribution in [0.4, 0.5) is 0 Å². The minimum absolute atomic E-state index is 0.631. The van der Waals surface area contributed by atoms with Crippen molar-refractivity contribution in [2.24, 2.45) is 0 Å². The summed E-state index contributed by atoms with van der Waals surface area (Å²) in [6, 6.07) is 184. The molecule has 0 spiro atoms. The maximum atomic E-state index is 5.02. The van der Waals surface area contributed by atoms with Crippen LogP contribution < -0.4 is 0 Å². The topological polar surface area (TPSA) is 146 Å². The molecule has 30 rings (SSSR count). The fourth-order valence-corrected chi connectivity index (χ4v) is 21.9. The average molecular weight is 1920 g/mol. The Morgan fingerprint density at radius 1 is 0.100 bits per heavy atom. The molecule has 0 aliphatic rings. The molecular weight excluding hydrogens is 1830 g/mol. The Labute approximate surface area is 861 Å². The molecule has 0 unspecified atom stereocenters. The summed E-state index contributed by atoms with van der Waals surface area (Å²) in [4.78, 5) is 44.5. The van der Waals surface area contributed by atoms with Crippen molar-refractivity contribution < 1.29 is 0 Å². The van der Waals surface area contributed by atoms with Gasteiger partial charge in [0.25, 0.3) is 0 Å². The zero-order valence-electron chi connectivity index (χ0n) is 80.9. The number of para-hydroxylation sites is 9. The highest BCUT2D eigenvalue weighted by Gasteiger charge is 2.27. The number of hydrogen-bond acceptors (Lipinski definition) is 9. The molecule has 9 heterocycles. The lowest BCUT2D eigenvalue weighted by Crippen LogP contribution is -2.01. The minimum atomic E-state index is 0.631. The zero-order valence-corrected chi connectivity index (χ0v) is 80.9. The molecule has 9 aromatic heterocycles. The molecule has 0 saturated carbocycles. The van der Waals surface area contributed by atoms with Gasteiger partial charge in [-0.1, -0.05) is 370 Å². The van der Waals surface area contributed by atoms with Crippen LogP contribution in [0.3, 0.4) is 0 Å². The summed E-state index contributed by atoms with van der Waals surface area (Å²) in [6.07, 6.45) is 0. The van der Waals surface area contributed by atoms with Crippen LogP contribution in [0.25, 0.3) is 267 Å². The third kappa shape index (κ3) is 15.3. The van der Waals surface area contributed by atoms with E-state index in [-0.39, 0.29) is 0 Å². The molecule has 15 nitrogen and oxygen atoms in total. The molecule has 0 amide bonds. The summed E-state index contributed by atoms with van der Waals surface area (Å²) < 4.78 is 14.3. The van der Waals surface area contributed by atoms with Crippen molar-refractivity contribution in [3.63, 3.8) is 0 Å². The molecule has 150 heavy (non-hydrogen) atoms. The van der Waals surface area contributed by atoms with Gasteiger partial charge in [0.05, 0.1) is 66.2 Å². The Morgan fingerprint density at radius 3 is 0.547 bits per heavy atom. The first kappa shape index (κ1) is 87.3. The molecule has 0 N–H and O–H groups in total. The van der Waals surface area contributed by atoms with E-state index in [0.29, 0.717) is 52.4 Å². The van der Waals surface area contributed by atoms with E-state index >= 15 is 0 Å². The monoisotopic (exact) mass is 1920 g/mol. The Kier molecular flexibility index (Phi) is 21.5. The lowest BCUT2D eigenvalue weighted by Gasteiger charge is -2.13. The van der Waals surface area contributed by atoms with Crippen LogP contribution in [0.1, 0.15) is 0 Å². The average Bonchev–Trinajstić information content (AvgIpc) is 1.53. The van der Waals surface area contributed by atoms with Crippen LogP contribution in [0.15, 0.2) is 528 Å². The van der Waals surface area contributed by atoms with Gasteiger partial charge >= 0.3 is 0 Å². The van der Waals surface area contributed by atoms with E-state index in [1.54, 1.807) is 0 Å². The highest BCUT2D eigenvalue weighted by molar-refractivity contribution is 6.25. The Hall–Kier alpha value is -20.6. The summed E-state index contributed by atoms with van der Waals surface area (Å²) in [5, 5.41) is 14.7. The largest absolute Gasteiger partial charge is 0.309 e. The van der Waals surface area contributed by atoms with Gasteiger partial charge in [-0.2, -0.15) is 0 Å². The van der Waals surface area contributed by atoms with Crippen LogP contribution in [0, 0.1) is 0 Å². The van der Waals surface area contributed by atoms with E-state index in [9.17, 15) is 0 Å². The van der Waals surface area contributed by atoms with Gasteiger partial charge in [0.2, 0.25) is 0 Å². The summed E-state index contributed by atoms with van der Waals surface area (Å²) in [6.45, 7) is 0. The lowest BCUT2D eigenvalue weighted by molar-refractivity contribution is 1.07. The highest BCUT2D eigenvalue weighted by Crippen LogP contribution is 2.47. The Morgan fingerprint density at radius 2 is 0.280 bits per heavy atom. The van der Waals surface area contributed by atoms with Gasteiger partial charge in [0.1, 0.15) is 0 Å². The quantitative estimate of drug-likeness (QED) is 0.0979. The molecule has 0 saturated heterocycles. The van der Waals surface area contributed by atoms with Gasteiger partial charge in [0, 0.05) is 149 Å². The fourth-order valence-electron chi connectivity index (χ4n) is 21.9. The summed E-state index contributed by atoms with van der Waals surface area (Å²) in [7, 11) is 0. The van der Waals surface area contributed by atoms with Crippen molar-refractivity contribution in [2.45, 2.75) is 0 Å². The van der Waals surface area contributed by atoms with E-state index < -0.39 is 0 Å².